The SMILES string of the molecule is CCc1cccc(NS(=O)(=O)c2ccc3c(c2)CN(C(=O)C(F)(F)F)CC3)n1. The number of fused-ring (bicyclic) bond motifs is 1. The monoisotopic (exact) mass is 413 g/mol. The van der Waals surface area contributed by atoms with Gasteiger partial charge in [-0.1, -0.05) is 19.1 Å². The Bertz CT molecular complexity index is 1010. The third-order valence-electron chi connectivity index (χ3n) is 4.44. The molecule has 0 spiro atoms. The van der Waals surface area contributed by atoms with E-state index in [1.807, 2.05) is 6.92 Å². The predicted molar refractivity (Wildman–Crippen MR) is 96.0 cm³/mol. The maximum atomic E-state index is 12.7. The van der Waals surface area contributed by atoms with Gasteiger partial charge in [-0.15, -0.1) is 0 Å². The van der Waals surface area contributed by atoms with Crippen LogP contribution in [0.5, 0.6) is 0 Å². The van der Waals surface area contributed by atoms with Crippen molar-refractivity contribution in [2.75, 3.05) is 11.3 Å². The first-order valence-corrected chi connectivity index (χ1v) is 10.0. The summed E-state index contributed by atoms with van der Waals surface area (Å²) in [6, 6.07) is 9.22. The fourth-order valence-corrected chi connectivity index (χ4v) is 4.03. The third-order valence-corrected chi connectivity index (χ3v) is 5.79. The van der Waals surface area contributed by atoms with E-state index in [4.69, 9.17) is 0 Å². The minimum Gasteiger partial charge on any atom is -0.330 e. The normalized spacial score (nSPS) is 14.5. The highest BCUT2D eigenvalue weighted by atomic mass is 32.2. The summed E-state index contributed by atoms with van der Waals surface area (Å²) < 4.78 is 65.7. The summed E-state index contributed by atoms with van der Waals surface area (Å²) in [5, 5.41) is 0. The summed E-state index contributed by atoms with van der Waals surface area (Å²) >= 11 is 0. The minimum absolute atomic E-state index is 0.0661. The Morgan fingerprint density at radius 2 is 1.96 bits per heavy atom. The van der Waals surface area contributed by atoms with Crippen molar-refractivity contribution in [2.24, 2.45) is 0 Å². The van der Waals surface area contributed by atoms with Crippen LogP contribution in [0, 0.1) is 0 Å². The highest BCUT2D eigenvalue weighted by Crippen LogP contribution is 2.27. The summed E-state index contributed by atoms with van der Waals surface area (Å²) in [5.74, 6) is -1.77. The molecule has 0 radical (unpaired) electrons. The number of carbonyl (C=O) groups excluding carboxylic acids is 1. The Kier molecular flexibility index (Phi) is 5.33. The quantitative estimate of drug-likeness (QED) is 0.836. The summed E-state index contributed by atoms with van der Waals surface area (Å²) in [5.41, 5.74) is 1.81. The molecule has 6 nitrogen and oxygen atoms in total. The lowest BCUT2D eigenvalue weighted by Gasteiger charge is -2.29. The van der Waals surface area contributed by atoms with Crippen molar-refractivity contribution < 1.29 is 26.4 Å². The second-order valence-electron chi connectivity index (χ2n) is 6.38. The Morgan fingerprint density at radius 3 is 2.64 bits per heavy atom. The van der Waals surface area contributed by atoms with Crippen LogP contribution in [-0.2, 0) is 34.2 Å². The average Bonchev–Trinajstić information content (AvgIpc) is 2.65. The van der Waals surface area contributed by atoms with Gasteiger partial charge in [0.25, 0.3) is 10.0 Å². The van der Waals surface area contributed by atoms with E-state index >= 15 is 0 Å². The molecule has 0 aliphatic carbocycles. The number of amides is 1. The molecule has 1 aromatic carbocycles. The second kappa shape index (κ2) is 7.42. The molecular formula is C18H18F3N3O3S. The lowest BCUT2D eigenvalue weighted by atomic mass is 10.00. The molecule has 2 heterocycles. The number of anilines is 1. The number of nitrogens with zero attached hydrogens (tertiary/aromatic N) is 2. The van der Waals surface area contributed by atoms with Crippen molar-refractivity contribution in [3.8, 4) is 0 Å². The van der Waals surface area contributed by atoms with Crippen LogP contribution in [0.3, 0.4) is 0 Å². The number of aromatic nitrogens is 1. The van der Waals surface area contributed by atoms with Crippen LogP contribution >= 0.6 is 0 Å². The van der Waals surface area contributed by atoms with E-state index in [0.717, 1.165) is 5.56 Å². The molecule has 10 heteroatoms. The molecule has 0 bridgehead atoms. The van der Waals surface area contributed by atoms with Crippen LogP contribution in [0.4, 0.5) is 19.0 Å². The molecule has 1 amide bonds. The Hall–Kier alpha value is -2.62. The number of aryl methyl sites for hydroxylation is 1. The van der Waals surface area contributed by atoms with Crippen molar-refractivity contribution in [1.29, 1.82) is 0 Å². The van der Waals surface area contributed by atoms with Gasteiger partial charge in [-0.25, -0.2) is 13.4 Å². The van der Waals surface area contributed by atoms with Gasteiger partial charge < -0.3 is 4.90 Å². The van der Waals surface area contributed by atoms with Gasteiger partial charge in [0.15, 0.2) is 0 Å². The Labute approximate surface area is 160 Å². The first-order chi connectivity index (χ1) is 13.1. The highest BCUT2D eigenvalue weighted by molar-refractivity contribution is 7.92. The number of hydrogen-bond acceptors (Lipinski definition) is 4. The number of pyridine rings is 1. The molecule has 3 rings (SSSR count). The number of alkyl halides is 3. The van der Waals surface area contributed by atoms with Gasteiger partial charge in [-0.05, 0) is 48.2 Å². The summed E-state index contributed by atoms with van der Waals surface area (Å²) in [6.07, 6.45) is -4.10. The van der Waals surface area contributed by atoms with Crippen LogP contribution < -0.4 is 4.72 Å². The molecule has 0 saturated heterocycles. The maximum Gasteiger partial charge on any atom is 0.471 e. The minimum atomic E-state index is -4.96. The van der Waals surface area contributed by atoms with E-state index < -0.39 is 22.1 Å². The van der Waals surface area contributed by atoms with Crippen molar-refractivity contribution in [3.63, 3.8) is 0 Å². The fourth-order valence-electron chi connectivity index (χ4n) is 2.98. The number of sulfonamides is 1. The number of nitrogens with one attached hydrogen (secondary N) is 1. The molecule has 1 aliphatic rings. The van der Waals surface area contributed by atoms with Crippen molar-refractivity contribution in [1.82, 2.24) is 9.88 Å². The van der Waals surface area contributed by atoms with Crippen LogP contribution in [0.15, 0.2) is 41.3 Å². The van der Waals surface area contributed by atoms with Gasteiger partial charge in [0.05, 0.1) is 4.90 Å². The molecule has 1 aromatic heterocycles. The Balaban J connectivity index is 1.85. The second-order valence-corrected chi connectivity index (χ2v) is 8.06. The topological polar surface area (TPSA) is 79.4 Å². The van der Waals surface area contributed by atoms with E-state index in [9.17, 15) is 26.4 Å². The van der Waals surface area contributed by atoms with Gasteiger partial charge in [0.2, 0.25) is 0 Å². The highest BCUT2D eigenvalue weighted by Gasteiger charge is 2.43. The summed E-state index contributed by atoms with van der Waals surface area (Å²) in [4.78, 5) is 16.2. The van der Waals surface area contributed by atoms with E-state index in [2.05, 4.69) is 9.71 Å². The molecular weight excluding hydrogens is 395 g/mol. The zero-order valence-corrected chi connectivity index (χ0v) is 15.8. The van der Waals surface area contributed by atoms with Crippen molar-refractivity contribution >= 4 is 21.7 Å². The van der Waals surface area contributed by atoms with Crippen LogP contribution in [-0.4, -0.2) is 36.9 Å². The molecule has 1 N–H and O–H groups in total. The summed E-state index contributed by atoms with van der Waals surface area (Å²) in [6.45, 7) is 1.53. The zero-order chi connectivity index (χ0) is 20.5. The van der Waals surface area contributed by atoms with Gasteiger partial charge in [-0.2, -0.15) is 13.2 Å². The predicted octanol–water partition coefficient (Wildman–Crippen LogP) is 2.89. The summed E-state index contributed by atoms with van der Waals surface area (Å²) in [7, 11) is -3.98. The lowest BCUT2D eigenvalue weighted by molar-refractivity contribution is -0.186. The van der Waals surface area contributed by atoms with E-state index in [-0.39, 0.29) is 30.2 Å². The van der Waals surface area contributed by atoms with Crippen LogP contribution in [0.1, 0.15) is 23.7 Å². The number of halogens is 3. The maximum absolute atomic E-state index is 12.7. The smallest absolute Gasteiger partial charge is 0.330 e. The van der Waals surface area contributed by atoms with Crippen LogP contribution in [0.2, 0.25) is 0 Å². The Morgan fingerprint density at radius 1 is 1.21 bits per heavy atom. The van der Waals surface area contributed by atoms with E-state index in [1.165, 1.54) is 18.2 Å². The number of carbonyl (C=O) groups is 1. The van der Waals surface area contributed by atoms with Crippen molar-refractivity contribution in [2.45, 2.75) is 37.4 Å². The molecule has 150 valence electrons. The van der Waals surface area contributed by atoms with Crippen LogP contribution in [0.25, 0.3) is 0 Å². The third kappa shape index (κ3) is 4.27. The molecule has 0 atom stereocenters. The van der Waals surface area contributed by atoms with Gasteiger partial charge in [0.1, 0.15) is 5.82 Å². The van der Waals surface area contributed by atoms with Crippen molar-refractivity contribution in [3.05, 3.63) is 53.2 Å². The number of rotatable bonds is 4. The van der Waals surface area contributed by atoms with E-state index in [1.54, 1.807) is 18.2 Å². The number of hydrogen-bond donors (Lipinski definition) is 1. The molecule has 0 unspecified atom stereocenters. The van der Waals surface area contributed by atoms with Gasteiger partial charge >= 0.3 is 12.1 Å². The molecule has 0 fully saturated rings. The molecule has 28 heavy (non-hydrogen) atoms. The lowest BCUT2D eigenvalue weighted by Crippen LogP contribution is -2.43. The number of benzene rings is 1. The van der Waals surface area contributed by atoms with Gasteiger partial charge in [-0.3, -0.25) is 9.52 Å². The molecule has 0 saturated carbocycles. The van der Waals surface area contributed by atoms with E-state index in [0.29, 0.717) is 22.6 Å². The molecule has 2 aromatic rings. The average molecular weight is 413 g/mol. The fraction of sp³-hybridized carbons (Fsp3) is 0.333. The molecule has 1 aliphatic heterocycles. The first kappa shape index (κ1) is 20.1. The largest absolute Gasteiger partial charge is 0.471 e. The standard InChI is InChI=1S/C18H18F3N3O3S/c1-2-14-4-3-5-16(22-14)23-28(26,27)15-7-6-12-8-9-24(11-13(12)10-15)17(25)18(19,20)21/h3-7,10H,2,8-9,11H2,1H3,(H,22,23). The first-order valence-electron chi connectivity index (χ1n) is 8.57. The van der Waals surface area contributed by atoms with Gasteiger partial charge in [0, 0.05) is 18.8 Å². The zero-order valence-electron chi connectivity index (χ0n) is 15.0.